The number of carbonyl (C=O) groups excluding carboxylic acids is 2. The zero-order valence-corrected chi connectivity index (χ0v) is 17.1. The Balaban J connectivity index is 1.51. The van der Waals surface area contributed by atoms with Gasteiger partial charge in [0.1, 0.15) is 21.6 Å². The lowest BCUT2D eigenvalue weighted by Crippen LogP contribution is -2.25. The maximum Gasteiger partial charge on any atom is 0.341 e. The number of thiophene rings is 1. The molecule has 144 valence electrons. The summed E-state index contributed by atoms with van der Waals surface area (Å²) in [6.45, 7) is -0.0190. The Morgan fingerprint density at radius 1 is 1.19 bits per heavy atom. The second-order valence-corrected chi connectivity index (χ2v) is 9.42. The molecule has 1 saturated carbocycles. The lowest BCUT2D eigenvalue weighted by Gasteiger charge is -2.20. The van der Waals surface area contributed by atoms with Gasteiger partial charge in [0.05, 0.1) is 5.56 Å². The minimum atomic E-state index is -0.433. The van der Waals surface area contributed by atoms with Gasteiger partial charge in [-0.25, -0.2) is 4.79 Å². The molecular weight excluding hydrogens is 406 g/mol. The third kappa shape index (κ3) is 4.02. The molecule has 0 saturated heterocycles. The normalized spacial score (nSPS) is 16.9. The van der Waals surface area contributed by atoms with Gasteiger partial charge >= 0.3 is 5.97 Å². The highest BCUT2D eigenvalue weighted by Crippen LogP contribution is 2.40. The molecule has 9 heteroatoms. The molecule has 27 heavy (non-hydrogen) atoms. The fraction of sp³-hybridized carbons (Fsp3) is 0.556. The van der Waals surface area contributed by atoms with Crippen molar-refractivity contribution in [3.8, 4) is 0 Å². The number of hydrogen-bond donors (Lipinski definition) is 1. The predicted molar refractivity (Wildman–Crippen MR) is 106 cm³/mol. The number of rotatable bonds is 5. The molecular formula is C18H20ClN3O3S2. The van der Waals surface area contributed by atoms with E-state index in [1.807, 2.05) is 0 Å². The van der Waals surface area contributed by atoms with Crippen LogP contribution in [0.5, 0.6) is 0 Å². The van der Waals surface area contributed by atoms with Crippen LogP contribution in [-0.2, 0) is 29.0 Å². The van der Waals surface area contributed by atoms with Crippen molar-refractivity contribution < 1.29 is 14.3 Å². The number of amides is 1. The molecule has 0 atom stereocenters. The summed E-state index contributed by atoms with van der Waals surface area (Å²) in [6, 6.07) is 0. The van der Waals surface area contributed by atoms with Crippen LogP contribution in [-0.4, -0.2) is 21.5 Å². The first-order valence-electron chi connectivity index (χ1n) is 9.22. The number of anilines is 1. The van der Waals surface area contributed by atoms with Gasteiger partial charge in [0.15, 0.2) is 0 Å². The highest BCUT2D eigenvalue weighted by atomic mass is 35.5. The molecule has 0 aromatic carbocycles. The van der Waals surface area contributed by atoms with Crippen LogP contribution in [0.3, 0.4) is 0 Å². The van der Waals surface area contributed by atoms with Crippen molar-refractivity contribution in [2.45, 2.75) is 58.0 Å². The topological polar surface area (TPSA) is 81.2 Å². The van der Waals surface area contributed by atoms with E-state index in [0.29, 0.717) is 20.6 Å². The number of hydrogen-bond acceptors (Lipinski definition) is 7. The Kier molecular flexibility index (Phi) is 5.75. The zero-order valence-electron chi connectivity index (χ0n) is 14.8. The van der Waals surface area contributed by atoms with Gasteiger partial charge in [-0.2, -0.15) is 0 Å². The molecule has 1 N–H and O–H groups in total. The molecule has 0 unspecified atom stereocenters. The number of esters is 1. The molecule has 2 aliphatic carbocycles. The third-order valence-electron chi connectivity index (χ3n) is 5.19. The van der Waals surface area contributed by atoms with Gasteiger partial charge in [-0.15, -0.1) is 16.4 Å². The summed E-state index contributed by atoms with van der Waals surface area (Å²) >= 11 is 8.55. The highest BCUT2D eigenvalue weighted by Gasteiger charge is 2.30. The molecule has 4 rings (SSSR count). The summed E-state index contributed by atoms with van der Waals surface area (Å²) in [5, 5.41) is 7.52. The van der Waals surface area contributed by atoms with Crippen LogP contribution in [0.1, 0.15) is 65.0 Å². The SMILES string of the molecule is O=C(OCc1nnsc1Cl)c1c(NC(=O)C2CCCCC2)sc2c1CCC2. The van der Waals surface area contributed by atoms with Crippen LogP contribution in [0.15, 0.2) is 0 Å². The first-order valence-corrected chi connectivity index (χ1v) is 11.2. The molecule has 6 nitrogen and oxygen atoms in total. The number of nitrogens with zero attached hydrogens (tertiary/aromatic N) is 2. The first kappa shape index (κ1) is 18.8. The molecule has 1 amide bonds. The Labute approximate surface area is 170 Å². The predicted octanol–water partition coefficient (Wildman–Crippen LogP) is 4.62. The van der Waals surface area contributed by atoms with Crippen LogP contribution in [0.2, 0.25) is 4.34 Å². The Morgan fingerprint density at radius 2 is 2.00 bits per heavy atom. The van der Waals surface area contributed by atoms with E-state index in [0.717, 1.165) is 62.0 Å². The van der Waals surface area contributed by atoms with Crippen LogP contribution in [0.25, 0.3) is 0 Å². The number of halogens is 1. The smallest absolute Gasteiger partial charge is 0.341 e. The number of aromatic nitrogens is 2. The minimum absolute atomic E-state index is 0.0190. The van der Waals surface area contributed by atoms with Crippen molar-refractivity contribution in [3.05, 3.63) is 26.0 Å². The average Bonchev–Trinajstić information content (AvgIpc) is 3.36. The first-order chi connectivity index (χ1) is 13.1. The van der Waals surface area contributed by atoms with Crippen LogP contribution in [0, 0.1) is 5.92 Å². The van der Waals surface area contributed by atoms with Gasteiger partial charge in [-0.3, -0.25) is 4.79 Å². The van der Waals surface area contributed by atoms with Crippen molar-refractivity contribution in [2.24, 2.45) is 5.92 Å². The Morgan fingerprint density at radius 3 is 2.74 bits per heavy atom. The molecule has 2 heterocycles. The number of fused-ring (bicyclic) bond motifs is 1. The number of nitrogens with one attached hydrogen (secondary N) is 1. The van der Waals surface area contributed by atoms with Gasteiger partial charge in [0, 0.05) is 22.3 Å². The monoisotopic (exact) mass is 425 g/mol. The Hall–Kier alpha value is -1.51. The molecule has 2 aromatic rings. The van der Waals surface area contributed by atoms with Crippen molar-refractivity contribution >= 4 is 51.3 Å². The summed E-state index contributed by atoms with van der Waals surface area (Å²) in [4.78, 5) is 26.6. The maximum absolute atomic E-state index is 12.8. The largest absolute Gasteiger partial charge is 0.455 e. The average molecular weight is 426 g/mol. The van der Waals surface area contributed by atoms with E-state index in [-0.39, 0.29) is 18.4 Å². The molecule has 0 aliphatic heterocycles. The molecule has 1 fully saturated rings. The summed E-state index contributed by atoms with van der Waals surface area (Å²) < 4.78 is 9.60. The third-order valence-corrected chi connectivity index (χ3v) is 7.38. The lowest BCUT2D eigenvalue weighted by molar-refractivity contribution is -0.120. The van der Waals surface area contributed by atoms with Crippen LogP contribution >= 0.6 is 34.5 Å². The summed E-state index contributed by atoms with van der Waals surface area (Å²) in [7, 11) is 0. The van der Waals surface area contributed by atoms with E-state index in [9.17, 15) is 9.59 Å². The van der Waals surface area contributed by atoms with Gasteiger partial charge in [0.2, 0.25) is 5.91 Å². The quantitative estimate of drug-likeness (QED) is 0.707. The van der Waals surface area contributed by atoms with Gasteiger partial charge in [0.25, 0.3) is 0 Å². The standard InChI is InChI=1S/C18H20ClN3O3S2/c19-15-12(21-22-27-15)9-25-18(24)14-11-7-4-8-13(11)26-17(14)20-16(23)10-5-2-1-3-6-10/h10H,1-9H2,(H,20,23). The van der Waals surface area contributed by atoms with E-state index in [1.54, 1.807) is 0 Å². The van der Waals surface area contributed by atoms with Crippen molar-refractivity contribution in [2.75, 3.05) is 5.32 Å². The molecule has 2 aliphatic rings. The molecule has 0 spiro atoms. The van der Waals surface area contributed by atoms with E-state index >= 15 is 0 Å². The van der Waals surface area contributed by atoms with Gasteiger partial charge in [-0.1, -0.05) is 35.4 Å². The van der Waals surface area contributed by atoms with E-state index in [4.69, 9.17) is 16.3 Å². The fourth-order valence-electron chi connectivity index (χ4n) is 3.78. The molecule has 0 radical (unpaired) electrons. The molecule has 2 aromatic heterocycles. The highest BCUT2D eigenvalue weighted by molar-refractivity contribution is 7.17. The minimum Gasteiger partial charge on any atom is -0.455 e. The van der Waals surface area contributed by atoms with Crippen molar-refractivity contribution in [3.63, 3.8) is 0 Å². The van der Waals surface area contributed by atoms with Crippen LogP contribution < -0.4 is 5.32 Å². The summed E-state index contributed by atoms with van der Waals surface area (Å²) in [6.07, 6.45) is 8.05. The fourth-order valence-corrected chi connectivity index (χ4v) is 5.66. The zero-order chi connectivity index (χ0) is 18.8. The van der Waals surface area contributed by atoms with Crippen molar-refractivity contribution in [1.29, 1.82) is 0 Å². The number of ether oxygens (including phenoxy) is 1. The molecule has 0 bridgehead atoms. The second kappa shape index (κ2) is 8.24. The number of carbonyl (C=O) groups is 2. The number of aryl methyl sites for hydroxylation is 1. The van der Waals surface area contributed by atoms with Gasteiger partial charge in [-0.05, 0) is 37.7 Å². The maximum atomic E-state index is 12.8. The van der Waals surface area contributed by atoms with Crippen molar-refractivity contribution in [1.82, 2.24) is 9.59 Å². The lowest BCUT2D eigenvalue weighted by atomic mass is 9.89. The van der Waals surface area contributed by atoms with Gasteiger partial charge < -0.3 is 10.1 Å². The van der Waals surface area contributed by atoms with E-state index in [2.05, 4.69) is 14.9 Å². The Bertz CT molecular complexity index is 858. The summed E-state index contributed by atoms with van der Waals surface area (Å²) in [5.74, 6) is -0.368. The second-order valence-electron chi connectivity index (χ2n) is 6.96. The van der Waals surface area contributed by atoms with Crippen LogP contribution in [0.4, 0.5) is 5.00 Å². The van der Waals surface area contributed by atoms with E-state index < -0.39 is 5.97 Å². The summed E-state index contributed by atoms with van der Waals surface area (Å²) in [5.41, 5.74) is 1.98. The van der Waals surface area contributed by atoms with E-state index in [1.165, 1.54) is 22.6 Å².